The lowest BCUT2D eigenvalue weighted by atomic mass is 10.0. The van der Waals surface area contributed by atoms with E-state index in [0.717, 1.165) is 6.07 Å². The Kier molecular flexibility index (Phi) is 3.99. The van der Waals surface area contributed by atoms with Gasteiger partial charge in [-0.1, -0.05) is 40.2 Å². The summed E-state index contributed by atoms with van der Waals surface area (Å²) in [5, 5.41) is 10.8. The topological polar surface area (TPSA) is 101 Å². The molecule has 0 saturated heterocycles. The largest absolute Gasteiger partial charge is 0.366 e. The SMILES string of the molecule is NC(=O)C1(O)c2ccccc2S(=O)(=O)N1Cc1ccc(Br)cc1F. The van der Waals surface area contributed by atoms with Gasteiger partial charge in [-0.15, -0.1) is 0 Å². The van der Waals surface area contributed by atoms with Gasteiger partial charge in [0, 0.05) is 22.1 Å². The van der Waals surface area contributed by atoms with Crippen LogP contribution in [0.15, 0.2) is 51.8 Å². The van der Waals surface area contributed by atoms with Gasteiger partial charge in [0.2, 0.25) is 15.7 Å². The number of carbonyl (C=O) groups excluding carboxylic acids is 1. The predicted molar refractivity (Wildman–Crippen MR) is 86.4 cm³/mol. The number of halogens is 2. The highest BCUT2D eigenvalue weighted by atomic mass is 79.9. The Morgan fingerprint density at radius 1 is 1.29 bits per heavy atom. The molecular weight excluding hydrogens is 403 g/mol. The number of sulfonamides is 1. The lowest BCUT2D eigenvalue weighted by Crippen LogP contribution is -2.52. The smallest absolute Gasteiger partial charge is 0.271 e. The maximum Gasteiger partial charge on any atom is 0.271 e. The summed E-state index contributed by atoms with van der Waals surface area (Å²) in [6.07, 6.45) is 0. The van der Waals surface area contributed by atoms with Crippen molar-refractivity contribution in [2.75, 3.05) is 0 Å². The Hall–Kier alpha value is -1.81. The van der Waals surface area contributed by atoms with Crippen LogP contribution in [0.5, 0.6) is 0 Å². The van der Waals surface area contributed by atoms with Gasteiger partial charge in [0.15, 0.2) is 0 Å². The third-order valence-electron chi connectivity index (χ3n) is 3.86. The molecule has 0 radical (unpaired) electrons. The molecule has 0 saturated carbocycles. The molecule has 1 atom stereocenters. The van der Waals surface area contributed by atoms with Gasteiger partial charge in [-0.3, -0.25) is 4.79 Å². The summed E-state index contributed by atoms with van der Waals surface area (Å²) in [5.41, 5.74) is 2.55. The van der Waals surface area contributed by atoms with Crippen molar-refractivity contribution >= 4 is 31.9 Å². The zero-order chi connectivity index (χ0) is 17.7. The van der Waals surface area contributed by atoms with E-state index in [0.29, 0.717) is 8.78 Å². The Labute approximate surface area is 145 Å². The minimum Gasteiger partial charge on any atom is -0.366 e. The van der Waals surface area contributed by atoms with E-state index in [4.69, 9.17) is 5.73 Å². The average Bonchev–Trinajstić information content (AvgIpc) is 2.69. The molecule has 1 aliphatic rings. The van der Waals surface area contributed by atoms with Gasteiger partial charge in [0.25, 0.3) is 5.91 Å². The highest BCUT2D eigenvalue weighted by molar-refractivity contribution is 9.10. The van der Waals surface area contributed by atoms with E-state index in [2.05, 4.69) is 15.9 Å². The molecule has 3 rings (SSSR count). The Morgan fingerprint density at radius 2 is 1.96 bits per heavy atom. The van der Waals surface area contributed by atoms with Crippen LogP contribution in [0.4, 0.5) is 4.39 Å². The van der Waals surface area contributed by atoms with Crippen molar-refractivity contribution in [2.45, 2.75) is 17.2 Å². The summed E-state index contributed by atoms with van der Waals surface area (Å²) in [7, 11) is -4.22. The fourth-order valence-electron chi connectivity index (χ4n) is 2.67. The number of rotatable bonds is 3. The molecule has 2 aromatic carbocycles. The van der Waals surface area contributed by atoms with Crippen molar-refractivity contribution in [3.05, 3.63) is 63.9 Å². The Balaban J connectivity index is 2.18. The van der Waals surface area contributed by atoms with Crippen molar-refractivity contribution in [1.82, 2.24) is 4.31 Å². The van der Waals surface area contributed by atoms with E-state index < -0.39 is 34.0 Å². The molecule has 0 aromatic heterocycles. The van der Waals surface area contributed by atoms with Crippen molar-refractivity contribution in [3.63, 3.8) is 0 Å². The van der Waals surface area contributed by atoms with E-state index in [1.165, 1.54) is 36.4 Å². The fourth-order valence-corrected chi connectivity index (χ4v) is 4.82. The van der Waals surface area contributed by atoms with Crippen LogP contribution < -0.4 is 5.73 Å². The van der Waals surface area contributed by atoms with Crippen molar-refractivity contribution in [2.24, 2.45) is 5.73 Å². The first-order valence-corrected chi connectivity index (χ1v) is 9.01. The maximum absolute atomic E-state index is 14.1. The highest BCUT2D eigenvalue weighted by Crippen LogP contribution is 2.43. The van der Waals surface area contributed by atoms with Crippen LogP contribution in [0.2, 0.25) is 0 Å². The van der Waals surface area contributed by atoms with Crippen LogP contribution in [0.25, 0.3) is 0 Å². The van der Waals surface area contributed by atoms with Gasteiger partial charge in [-0.2, -0.15) is 4.31 Å². The lowest BCUT2D eigenvalue weighted by Gasteiger charge is -2.29. The zero-order valence-electron chi connectivity index (χ0n) is 12.1. The first-order valence-electron chi connectivity index (χ1n) is 6.77. The number of nitrogens with two attached hydrogens (primary N) is 1. The number of primary amides is 1. The van der Waals surface area contributed by atoms with Crippen molar-refractivity contribution < 1.29 is 22.7 Å². The van der Waals surface area contributed by atoms with Crippen molar-refractivity contribution in [1.29, 1.82) is 0 Å². The van der Waals surface area contributed by atoms with Crippen LogP contribution in [0.1, 0.15) is 11.1 Å². The van der Waals surface area contributed by atoms with E-state index in [1.54, 1.807) is 0 Å². The molecule has 1 heterocycles. The summed E-state index contributed by atoms with van der Waals surface area (Å²) in [6, 6.07) is 9.55. The molecule has 1 aliphatic heterocycles. The second-order valence-electron chi connectivity index (χ2n) is 5.28. The standard InChI is InChI=1S/C15H12BrFN2O4S/c16-10-6-5-9(12(17)7-10)8-19-15(21,14(18)20)11-3-1-2-4-13(11)24(19,22)23/h1-7,21H,8H2,(H2,18,20). The molecule has 24 heavy (non-hydrogen) atoms. The molecule has 3 N–H and O–H groups in total. The molecule has 126 valence electrons. The molecular formula is C15H12BrFN2O4S. The predicted octanol–water partition coefficient (Wildman–Crippen LogP) is 1.42. The number of hydrogen-bond acceptors (Lipinski definition) is 4. The van der Waals surface area contributed by atoms with E-state index >= 15 is 0 Å². The monoisotopic (exact) mass is 414 g/mol. The second kappa shape index (κ2) is 5.62. The summed E-state index contributed by atoms with van der Waals surface area (Å²) in [6.45, 7) is -0.546. The molecule has 6 nitrogen and oxygen atoms in total. The van der Waals surface area contributed by atoms with Gasteiger partial charge >= 0.3 is 0 Å². The van der Waals surface area contributed by atoms with Crippen molar-refractivity contribution in [3.8, 4) is 0 Å². The molecule has 9 heteroatoms. The number of carbonyl (C=O) groups is 1. The molecule has 0 aliphatic carbocycles. The summed E-state index contributed by atoms with van der Waals surface area (Å²) in [5.74, 6) is -1.93. The zero-order valence-corrected chi connectivity index (χ0v) is 14.5. The summed E-state index contributed by atoms with van der Waals surface area (Å²) >= 11 is 3.10. The molecule has 0 fully saturated rings. The minimum atomic E-state index is -4.22. The summed E-state index contributed by atoms with van der Waals surface area (Å²) < 4.78 is 40.5. The third kappa shape index (κ3) is 2.35. The average molecular weight is 415 g/mol. The Morgan fingerprint density at radius 3 is 2.58 bits per heavy atom. The van der Waals surface area contributed by atoms with Crippen LogP contribution in [-0.4, -0.2) is 23.7 Å². The quantitative estimate of drug-likeness (QED) is 0.792. The first kappa shape index (κ1) is 17.0. The second-order valence-corrected chi connectivity index (χ2v) is 8.03. The molecule has 1 amide bonds. The van der Waals surface area contributed by atoms with Gasteiger partial charge < -0.3 is 10.8 Å². The summed E-state index contributed by atoms with van der Waals surface area (Å²) in [4.78, 5) is 11.6. The molecule has 0 bridgehead atoms. The Bertz CT molecular complexity index is 950. The molecule has 2 aromatic rings. The fraction of sp³-hybridized carbons (Fsp3) is 0.133. The van der Waals surface area contributed by atoms with E-state index in [9.17, 15) is 22.7 Å². The number of hydrogen-bond donors (Lipinski definition) is 2. The van der Waals surface area contributed by atoms with Crippen LogP contribution in [-0.2, 0) is 27.1 Å². The number of nitrogens with zero attached hydrogens (tertiary/aromatic N) is 1. The minimum absolute atomic E-state index is 0.00532. The molecule has 0 spiro atoms. The van der Waals surface area contributed by atoms with Gasteiger partial charge in [-0.25, -0.2) is 12.8 Å². The number of benzene rings is 2. The van der Waals surface area contributed by atoms with Crippen LogP contribution in [0.3, 0.4) is 0 Å². The molecule has 1 unspecified atom stereocenters. The van der Waals surface area contributed by atoms with Gasteiger partial charge in [0.05, 0.1) is 4.90 Å². The van der Waals surface area contributed by atoms with Gasteiger partial charge in [-0.05, 0) is 18.2 Å². The van der Waals surface area contributed by atoms with Crippen LogP contribution >= 0.6 is 15.9 Å². The number of aliphatic hydroxyl groups is 1. The normalized spacial score (nSPS) is 22.3. The van der Waals surface area contributed by atoms with E-state index in [1.807, 2.05) is 0 Å². The van der Waals surface area contributed by atoms with E-state index in [-0.39, 0.29) is 16.0 Å². The highest BCUT2D eigenvalue weighted by Gasteiger charge is 2.57. The number of fused-ring (bicyclic) bond motifs is 1. The first-order chi connectivity index (χ1) is 11.2. The van der Waals surface area contributed by atoms with Crippen LogP contribution in [0, 0.1) is 5.82 Å². The third-order valence-corrected chi connectivity index (χ3v) is 6.24. The maximum atomic E-state index is 14.1. The lowest BCUT2D eigenvalue weighted by molar-refractivity contribution is -0.151. The van der Waals surface area contributed by atoms with Gasteiger partial charge in [0.1, 0.15) is 5.82 Å². The number of amides is 1.